The van der Waals surface area contributed by atoms with Crippen LogP contribution < -0.4 is 5.43 Å². The molecule has 0 saturated heterocycles. The molecule has 0 radical (unpaired) electrons. The molecule has 1 heterocycles. The molecule has 0 aliphatic carbocycles. The lowest BCUT2D eigenvalue weighted by atomic mass is 10.1. The van der Waals surface area contributed by atoms with Crippen molar-refractivity contribution >= 4 is 23.3 Å². The molecule has 2 N–H and O–H groups in total. The van der Waals surface area contributed by atoms with Crippen molar-refractivity contribution in [2.24, 2.45) is 0 Å². The Bertz CT molecular complexity index is 383. The number of carboxylic acid groups (broad SMARTS) is 1. The van der Waals surface area contributed by atoms with E-state index in [4.69, 9.17) is 5.11 Å². The Morgan fingerprint density at radius 2 is 2.12 bits per heavy atom. The molecule has 1 aromatic rings. The Kier molecular flexibility index (Phi) is 3.48. The van der Waals surface area contributed by atoms with E-state index in [2.05, 4.69) is 10.4 Å². The molecule has 0 spiro atoms. The fraction of sp³-hybridized carbons (Fsp3) is 0.444. The van der Waals surface area contributed by atoms with E-state index in [0.29, 0.717) is 0 Å². The van der Waals surface area contributed by atoms with E-state index in [1.54, 1.807) is 26.2 Å². The fourth-order valence-electron chi connectivity index (χ4n) is 1.04. The van der Waals surface area contributed by atoms with Crippen LogP contribution in [0.15, 0.2) is 11.6 Å². The average Bonchev–Trinajstić information content (AvgIpc) is 2.63. The van der Waals surface area contributed by atoms with Gasteiger partial charge < -0.3 is 5.11 Å². The van der Waals surface area contributed by atoms with Crippen molar-refractivity contribution in [3.63, 3.8) is 0 Å². The summed E-state index contributed by atoms with van der Waals surface area (Å²) >= 11 is 1.17. The number of nitrogens with one attached hydrogen (secondary N) is 1. The van der Waals surface area contributed by atoms with Crippen molar-refractivity contribution in [2.45, 2.75) is 26.3 Å². The standard InChI is InChI=1S/C9H13N3O3S/c1-9(2,3)12(11-8(14)15)7(13)6-10-4-5-16-6/h4-5,11H,1-3H3,(H,14,15). The summed E-state index contributed by atoms with van der Waals surface area (Å²) in [4.78, 5) is 26.4. The van der Waals surface area contributed by atoms with E-state index >= 15 is 0 Å². The van der Waals surface area contributed by atoms with Crippen LogP contribution in [0.25, 0.3) is 0 Å². The van der Waals surface area contributed by atoms with Crippen LogP contribution in [-0.2, 0) is 0 Å². The van der Waals surface area contributed by atoms with E-state index in [-0.39, 0.29) is 5.01 Å². The number of thiazole rings is 1. The van der Waals surface area contributed by atoms with Crippen molar-refractivity contribution in [2.75, 3.05) is 0 Å². The molecule has 7 heteroatoms. The van der Waals surface area contributed by atoms with Gasteiger partial charge in [-0.2, -0.15) is 0 Å². The van der Waals surface area contributed by atoms with Crippen LogP contribution in [0.4, 0.5) is 4.79 Å². The highest BCUT2D eigenvalue weighted by atomic mass is 32.1. The van der Waals surface area contributed by atoms with Gasteiger partial charge in [0.2, 0.25) is 0 Å². The SMILES string of the molecule is CC(C)(C)N(NC(=O)O)C(=O)c1nccs1. The zero-order valence-electron chi connectivity index (χ0n) is 9.22. The van der Waals surface area contributed by atoms with Crippen molar-refractivity contribution in [1.29, 1.82) is 0 Å². The molecular formula is C9H13N3O3S. The van der Waals surface area contributed by atoms with Crippen molar-refractivity contribution < 1.29 is 14.7 Å². The summed E-state index contributed by atoms with van der Waals surface area (Å²) in [6, 6.07) is 0. The molecule has 16 heavy (non-hydrogen) atoms. The van der Waals surface area contributed by atoms with Crippen LogP contribution in [0.2, 0.25) is 0 Å². The van der Waals surface area contributed by atoms with E-state index < -0.39 is 17.5 Å². The van der Waals surface area contributed by atoms with Crippen molar-refractivity contribution in [1.82, 2.24) is 15.4 Å². The fourth-order valence-corrected chi connectivity index (χ4v) is 1.61. The van der Waals surface area contributed by atoms with Gasteiger partial charge in [-0.25, -0.2) is 20.2 Å². The molecule has 0 aromatic carbocycles. The zero-order valence-corrected chi connectivity index (χ0v) is 10.0. The third-order valence-corrected chi connectivity index (χ3v) is 2.46. The summed E-state index contributed by atoms with van der Waals surface area (Å²) in [6.07, 6.45) is 0.222. The number of rotatable bonds is 1. The van der Waals surface area contributed by atoms with Crippen LogP contribution in [0.3, 0.4) is 0 Å². The lowest BCUT2D eigenvalue weighted by Gasteiger charge is -2.33. The maximum absolute atomic E-state index is 11.9. The highest BCUT2D eigenvalue weighted by Gasteiger charge is 2.30. The molecule has 88 valence electrons. The van der Waals surface area contributed by atoms with Gasteiger partial charge in [-0.05, 0) is 20.8 Å². The van der Waals surface area contributed by atoms with Crippen molar-refractivity contribution in [3.8, 4) is 0 Å². The first kappa shape index (κ1) is 12.4. The molecule has 1 aromatic heterocycles. The average molecular weight is 243 g/mol. The molecule has 6 nitrogen and oxygen atoms in total. The monoisotopic (exact) mass is 243 g/mol. The molecule has 1 rings (SSSR count). The lowest BCUT2D eigenvalue weighted by molar-refractivity contribution is 0.0401. The molecule has 0 atom stereocenters. The molecule has 0 aliphatic heterocycles. The number of hydrazine groups is 1. The Balaban J connectivity index is 2.94. The normalized spacial score (nSPS) is 10.9. The smallest absolute Gasteiger partial charge is 0.423 e. The first-order chi connectivity index (χ1) is 7.32. The number of amides is 2. The second-order valence-corrected chi connectivity index (χ2v) is 4.96. The Morgan fingerprint density at radius 3 is 2.50 bits per heavy atom. The van der Waals surface area contributed by atoms with Gasteiger partial charge in [0, 0.05) is 11.6 Å². The van der Waals surface area contributed by atoms with Gasteiger partial charge in [0.05, 0.1) is 5.54 Å². The summed E-state index contributed by atoms with van der Waals surface area (Å²) in [7, 11) is 0. The Labute approximate surface area is 96.9 Å². The number of carbonyl (C=O) groups excluding carboxylic acids is 1. The minimum absolute atomic E-state index is 0.253. The first-order valence-corrected chi connectivity index (χ1v) is 5.44. The number of carbonyl (C=O) groups is 2. The number of hydrogen-bond acceptors (Lipinski definition) is 4. The minimum atomic E-state index is -1.28. The quantitative estimate of drug-likeness (QED) is 0.733. The summed E-state index contributed by atoms with van der Waals surface area (Å²) in [5.74, 6) is -0.454. The van der Waals surface area contributed by atoms with E-state index in [9.17, 15) is 9.59 Å². The molecule has 0 unspecified atom stereocenters. The predicted molar refractivity (Wildman–Crippen MR) is 59.2 cm³/mol. The molecule has 0 aliphatic rings. The number of aromatic nitrogens is 1. The lowest BCUT2D eigenvalue weighted by Crippen LogP contribution is -2.55. The molecule has 0 saturated carbocycles. The Morgan fingerprint density at radius 1 is 1.50 bits per heavy atom. The van der Waals surface area contributed by atoms with Crippen LogP contribution in [0.5, 0.6) is 0 Å². The van der Waals surface area contributed by atoms with Gasteiger partial charge in [-0.3, -0.25) is 4.79 Å². The molecule has 0 bridgehead atoms. The second-order valence-electron chi connectivity index (χ2n) is 4.07. The Hall–Kier alpha value is -1.63. The van der Waals surface area contributed by atoms with Crippen LogP contribution in [0.1, 0.15) is 30.6 Å². The summed E-state index contributed by atoms with van der Waals surface area (Å²) < 4.78 is 0. The van der Waals surface area contributed by atoms with Crippen LogP contribution in [0, 0.1) is 0 Å². The predicted octanol–water partition coefficient (Wildman–Crippen LogP) is 1.57. The summed E-state index contributed by atoms with van der Waals surface area (Å²) in [5, 5.41) is 11.6. The van der Waals surface area contributed by atoms with Crippen LogP contribution in [-0.4, -0.2) is 32.6 Å². The van der Waals surface area contributed by atoms with Gasteiger partial charge in [0.25, 0.3) is 0 Å². The summed E-state index contributed by atoms with van der Waals surface area (Å²) in [5.41, 5.74) is 1.42. The molecule has 2 amide bonds. The summed E-state index contributed by atoms with van der Waals surface area (Å²) in [6.45, 7) is 5.19. The largest absolute Gasteiger partial charge is 0.464 e. The third-order valence-electron chi connectivity index (χ3n) is 1.70. The highest BCUT2D eigenvalue weighted by Crippen LogP contribution is 2.16. The molecule has 0 fully saturated rings. The molecular weight excluding hydrogens is 230 g/mol. The highest BCUT2D eigenvalue weighted by molar-refractivity contribution is 7.11. The van der Waals surface area contributed by atoms with Gasteiger partial charge in [0.1, 0.15) is 0 Å². The minimum Gasteiger partial charge on any atom is -0.464 e. The van der Waals surface area contributed by atoms with E-state index in [1.807, 2.05) is 0 Å². The first-order valence-electron chi connectivity index (χ1n) is 4.56. The second kappa shape index (κ2) is 4.48. The van der Waals surface area contributed by atoms with Gasteiger partial charge in [-0.15, -0.1) is 11.3 Å². The van der Waals surface area contributed by atoms with E-state index in [1.165, 1.54) is 17.5 Å². The van der Waals surface area contributed by atoms with Crippen LogP contribution >= 0.6 is 11.3 Å². The number of hydrogen-bond donors (Lipinski definition) is 2. The zero-order chi connectivity index (χ0) is 12.3. The van der Waals surface area contributed by atoms with Gasteiger partial charge in [0.15, 0.2) is 5.01 Å². The number of nitrogens with zero attached hydrogens (tertiary/aromatic N) is 2. The van der Waals surface area contributed by atoms with Crippen molar-refractivity contribution in [3.05, 3.63) is 16.6 Å². The van der Waals surface area contributed by atoms with E-state index in [0.717, 1.165) is 5.01 Å². The maximum atomic E-state index is 11.9. The maximum Gasteiger partial charge on any atom is 0.423 e. The topological polar surface area (TPSA) is 82.5 Å². The van der Waals surface area contributed by atoms with Gasteiger partial charge >= 0.3 is 12.0 Å². The van der Waals surface area contributed by atoms with Gasteiger partial charge in [-0.1, -0.05) is 0 Å². The third kappa shape index (κ3) is 2.93.